The van der Waals surface area contributed by atoms with Gasteiger partial charge in [-0.2, -0.15) is 0 Å². The number of benzene rings is 2. The molecular formula is C48H64FN7O18. The van der Waals surface area contributed by atoms with E-state index in [-0.39, 0.29) is 31.6 Å². The molecule has 2 aromatic heterocycles. The summed E-state index contributed by atoms with van der Waals surface area (Å²) in [6.45, 7) is 2.61. The van der Waals surface area contributed by atoms with Gasteiger partial charge in [0.2, 0.25) is 5.91 Å². The first-order valence-electron chi connectivity index (χ1n) is 24.5. The Morgan fingerprint density at radius 1 is 0.770 bits per heavy atom. The van der Waals surface area contributed by atoms with Gasteiger partial charge in [-0.3, -0.25) is 4.79 Å². The molecule has 8 rings (SSSR count). The topological polar surface area (TPSA) is 354 Å². The molecule has 1 amide bonds. The molecule has 20 atom stereocenters. The number of amides is 1. The number of rotatable bonds is 19. The summed E-state index contributed by atoms with van der Waals surface area (Å²) in [6, 6.07) is 11.0. The first-order valence-corrected chi connectivity index (χ1v) is 24.5. The number of hydrogen-bond acceptors (Lipinski definition) is 21. The number of aliphatic hydroxyl groups is 8. The van der Waals surface area contributed by atoms with Crippen LogP contribution in [0.3, 0.4) is 0 Å². The maximum atomic E-state index is 14.1. The van der Waals surface area contributed by atoms with Gasteiger partial charge in [-0.05, 0) is 44.2 Å². The SMILES string of the molecule is CCC[C@H](OC1C(NC(C)=O)[C@H](O[C@@H]2CC(CO[C@H]3OC(CO)[C@@H](O)C(n4cc(-c5cccc(F)c5)nn4)C3O)CC(n3cc(-c4ccccc4)nn3)C2O[C@@H]2OC(C)[C@H](O)C(O)C2O)OC(CO)[C@@H]1O)C(=O)O. The number of hydrogen-bond donors (Lipinski definition) is 10. The average Bonchev–Trinajstić information content (AvgIpc) is 4.08. The molecule has 4 fully saturated rings. The normalized spacial score (nSPS) is 36.0. The highest BCUT2D eigenvalue weighted by molar-refractivity contribution is 5.73. The summed E-state index contributed by atoms with van der Waals surface area (Å²) in [4.78, 5) is 25.3. The number of nitrogens with one attached hydrogen (secondary N) is 1. The van der Waals surface area contributed by atoms with Crippen LogP contribution < -0.4 is 5.32 Å². The van der Waals surface area contributed by atoms with Crippen LogP contribution in [0, 0.1) is 11.7 Å². The highest BCUT2D eigenvalue weighted by Crippen LogP contribution is 2.42. The molecule has 12 unspecified atom stereocenters. The van der Waals surface area contributed by atoms with Crippen LogP contribution in [0.25, 0.3) is 22.5 Å². The molecule has 1 aliphatic carbocycles. The van der Waals surface area contributed by atoms with Gasteiger partial charge in [0.05, 0.1) is 50.5 Å². The number of carbonyl (C=O) groups excluding carboxylic acids is 1. The Hall–Kier alpha value is -5.01. The average molecular weight is 1050 g/mol. The van der Waals surface area contributed by atoms with Crippen molar-refractivity contribution in [1.82, 2.24) is 35.3 Å². The molecule has 0 spiro atoms. The molecule has 3 aliphatic heterocycles. The summed E-state index contributed by atoms with van der Waals surface area (Å²) in [5, 5.41) is 118. The lowest BCUT2D eigenvalue weighted by Gasteiger charge is -2.49. The van der Waals surface area contributed by atoms with Gasteiger partial charge in [0.25, 0.3) is 0 Å². The minimum absolute atomic E-state index is 0.0158. The number of nitrogens with zero attached hydrogens (tertiary/aromatic N) is 6. The first-order chi connectivity index (χ1) is 35.5. The molecule has 26 heteroatoms. The van der Waals surface area contributed by atoms with E-state index < -0.39 is 153 Å². The standard InChI is InChI=1S/C48H64FN7O18/c1-4-9-31(45(66)67)70-44-35(50-23(3)59)46(72-34(20-58)39(44)62)71-32-15-24(21-68-47-40(63)36(38(61)33(19-57)73-47)56-18-29(52-54-56)26-12-8-13-27(49)16-26)14-30(55-17-28(51-53-55)25-10-6-5-7-11-25)43(32)74-48-42(65)41(64)37(60)22(2)69-48/h5-8,10-13,16-18,22,24,30-44,46-48,57-58,60-65H,4,9,14-15,19-21H2,1-3H3,(H,50,59)(H,66,67)/t22?,24?,30?,31-,32+,33?,34?,35?,36?,37-,38+,39-,40?,41?,42?,43?,44?,46+,47-,48-/m0/s1. The van der Waals surface area contributed by atoms with Crippen LogP contribution in [0.1, 0.15) is 58.5 Å². The second-order valence-electron chi connectivity index (χ2n) is 19.1. The molecule has 5 heterocycles. The smallest absolute Gasteiger partial charge is 0.332 e. The van der Waals surface area contributed by atoms with Gasteiger partial charge in [0.1, 0.15) is 90.3 Å². The Morgan fingerprint density at radius 2 is 1.43 bits per heavy atom. The molecule has 406 valence electrons. The highest BCUT2D eigenvalue weighted by atomic mass is 19.1. The second kappa shape index (κ2) is 24.3. The number of carboxylic acids is 1. The Bertz CT molecular complexity index is 2460. The predicted octanol–water partition coefficient (Wildman–Crippen LogP) is -1.19. The highest BCUT2D eigenvalue weighted by Gasteiger charge is 2.54. The fraction of sp³-hybridized carbons (Fsp3) is 0.625. The van der Waals surface area contributed by atoms with Crippen molar-refractivity contribution in [1.29, 1.82) is 0 Å². The fourth-order valence-electron chi connectivity index (χ4n) is 10.0. The lowest BCUT2D eigenvalue weighted by atomic mass is 9.81. The van der Waals surface area contributed by atoms with E-state index in [2.05, 4.69) is 25.9 Å². The van der Waals surface area contributed by atoms with E-state index >= 15 is 0 Å². The zero-order valence-corrected chi connectivity index (χ0v) is 40.6. The zero-order valence-electron chi connectivity index (χ0n) is 40.6. The minimum Gasteiger partial charge on any atom is -0.479 e. The van der Waals surface area contributed by atoms with Crippen molar-refractivity contribution >= 4 is 11.9 Å². The van der Waals surface area contributed by atoms with E-state index in [1.165, 1.54) is 47.6 Å². The maximum Gasteiger partial charge on any atom is 0.332 e. The van der Waals surface area contributed by atoms with Gasteiger partial charge in [-0.1, -0.05) is 66.2 Å². The van der Waals surface area contributed by atoms with Gasteiger partial charge < -0.3 is 84.4 Å². The van der Waals surface area contributed by atoms with Crippen LogP contribution in [-0.2, 0) is 42.7 Å². The minimum atomic E-state index is -1.81. The van der Waals surface area contributed by atoms with E-state index in [4.69, 9.17) is 33.2 Å². The summed E-state index contributed by atoms with van der Waals surface area (Å²) in [5.74, 6) is -3.17. The second-order valence-corrected chi connectivity index (χ2v) is 19.1. The number of carbonyl (C=O) groups is 2. The van der Waals surface area contributed by atoms with Crippen molar-refractivity contribution in [3.05, 3.63) is 72.8 Å². The number of ether oxygens (including phenoxy) is 7. The van der Waals surface area contributed by atoms with Crippen LogP contribution in [-0.4, -0.2) is 212 Å². The number of aromatic nitrogens is 6. The molecule has 0 radical (unpaired) electrons. The van der Waals surface area contributed by atoms with Crippen molar-refractivity contribution in [2.24, 2.45) is 5.92 Å². The van der Waals surface area contributed by atoms with E-state index in [1.807, 2.05) is 30.3 Å². The quantitative estimate of drug-likeness (QED) is 0.0528. The molecule has 74 heavy (non-hydrogen) atoms. The lowest BCUT2D eigenvalue weighted by Crippen LogP contribution is -2.67. The first kappa shape index (κ1) is 55.2. The molecule has 3 saturated heterocycles. The molecular weight excluding hydrogens is 982 g/mol. The van der Waals surface area contributed by atoms with Crippen molar-refractivity contribution in [2.45, 2.75) is 163 Å². The Kier molecular flexibility index (Phi) is 18.2. The fourth-order valence-corrected chi connectivity index (χ4v) is 10.0. The Morgan fingerprint density at radius 3 is 2.11 bits per heavy atom. The van der Waals surface area contributed by atoms with Gasteiger partial charge in [-0.25, -0.2) is 18.5 Å². The van der Waals surface area contributed by atoms with Crippen LogP contribution in [0.4, 0.5) is 4.39 Å². The summed E-state index contributed by atoms with van der Waals surface area (Å²) >= 11 is 0. The van der Waals surface area contributed by atoms with Gasteiger partial charge in [0, 0.05) is 18.1 Å². The van der Waals surface area contributed by atoms with Crippen molar-refractivity contribution in [3.8, 4) is 22.5 Å². The summed E-state index contributed by atoms with van der Waals surface area (Å²) in [5.41, 5.74) is 1.73. The third kappa shape index (κ3) is 12.1. The van der Waals surface area contributed by atoms with Crippen LogP contribution in [0.5, 0.6) is 0 Å². The van der Waals surface area contributed by atoms with E-state index in [0.717, 1.165) is 0 Å². The van der Waals surface area contributed by atoms with Crippen LogP contribution in [0.2, 0.25) is 0 Å². The van der Waals surface area contributed by atoms with Gasteiger partial charge >= 0.3 is 5.97 Å². The van der Waals surface area contributed by atoms with Crippen molar-refractivity contribution in [2.75, 3.05) is 19.8 Å². The molecule has 10 N–H and O–H groups in total. The van der Waals surface area contributed by atoms with Crippen molar-refractivity contribution in [3.63, 3.8) is 0 Å². The number of aliphatic hydroxyl groups excluding tert-OH is 8. The van der Waals surface area contributed by atoms with Gasteiger partial charge in [-0.15, -0.1) is 10.2 Å². The predicted molar refractivity (Wildman–Crippen MR) is 248 cm³/mol. The third-order valence-electron chi connectivity index (χ3n) is 13.9. The molecule has 0 bridgehead atoms. The summed E-state index contributed by atoms with van der Waals surface area (Å²) < 4.78 is 60.6. The monoisotopic (exact) mass is 1050 g/mol. The van der Waals surface area contributed by atoms with E-state index in [9.17, 15) is 59.9 Å². The van der Waals surface area contributed by atoms with Crippen molar-refractivity contribution < 1.29 is 93.1 Å². The van der Waals surface area contributed by atoms with Crippen LogP contribution >= 0.6 is 0 Å². The molecule has 4 aliphatic rings. The molecule has 4 aromatic rings. The lowest BCUT2D eigenvalue weighted by molar-refractivity contribution is -0.339. The van der Waals surface area contributed by atoms with Crippen LogP contribution in [0.15, 0.2) is 67.0 Å². The Labute approximate surface area is 423 Å². The molecule has 2 aromatic carbocycles. The van der Waals surface area contributed by atoms with E-state index in [1.54, 1.807) is 19.2 Å². The number of halogens is 1. The summed E-state index contributed by atoms with van der Waals surface area (Å²) in [6.07, 6.45) is -20.5. The Balaban J connectivity index is 1.15. The summed E-state index contributed by atoms with van der Waals surface area (Å²) in [7, 11) is 0. The number of carboxylic acid groups (broad SMARTS) is 1. The maximum absolute atomic E-state index is 14.1. The molecule has 1 saturated carbocycles. The van der Waals surface area contributed by atoms with Gasteiger partial charge in [0.15, 0.2) is 25.0 Å². The molecule has 25 nitrogen and oxygen atoms in total. The number of aliphatic carboxylic acids is 1. The largest absolute Gasteiger partial charge is 0.479 e. The van der Waals surface area contributed by atoms with E-state index in [0.29, 0.717) is 23.2 Å². The zero-order chi connectivity index (χ0) is 53.0. The third-order valence-corrected chi connectivity index (χ3v) is 13.9.